The van der Waals surface area contributed by atoms with Gasteiger partial charge < -0.3 is 4.74 Å². The SMILES string of the molecule is O=C(Oc1cc2ccccc2c2ccccc12)C(F)(F)F. The molecule has 0 amide bonds. The molecule has 3 aromatic rings. The standard InChI is InChI=1S/C16H9F3O2/c17-16(18,19)15(20)21-14-9-10-5-1-2-6-11(10)12-7-3-4-8-13(12)14/h1-9H. The van der Waals surface area contributed by atoms with Crippen LogP contribution < -0.4 is 4.74 Å². The van der Waals surface area contributed by atoms with Crippen LogP contribution in [0.15, 0.2) is 54.6 Å². The lowest BCUT2D eigenvalue weighted by Gasteiger charge is -2.11. The molecular formula is C16H9F3O2. The van der Waals surface area contributed by atoms with Gasteiger partial charge in [0.25, 0.3) is 0 Å². The van der Waals surface area contributed by atoms with Gasteiger partial charge in [-0.1, -0.05) is 48.5 Å². The van der Waals surface area contributed by atoms with Crippen LogP contribution in [-0.2, 0) is 4.79 Å². The Balaban J connectivity index is 2.23. The van der Waals surface area contributed by atoms with Crippen molar-refractivity contribution in [2.45, 2.75) is 6.18 Å². The molecule has 21 heavy (non-hydrogen) atoms. The van der Waals surface area contributed by atoms with Crippen LogP contribution in [0.5, 0.6) is 5.75 Å². The zero-order valence-electron chi connectivity index (χ0n) is 10.6. The smallest absolute Gasteiger partial charge is 0.419 e. The molecule has 0 spiro atoms. The highest BCUT2D eigenvalue weighted by Gasteiger charge is 2.41. The summed E-state index contributed by atoms with van der Waals surface area (Å²) in [5.41, 5.74) is 0. The number of carbonyl (C=O) groups excluding carboxylic acids is 1. The minimum atomic E-state index is -5.02. The maximum Gasteiger partial charge on any atom is 0.491 e. The fourth-order valence-corrected chi connectivity index (χ4v) is 2.26. The molecule has 0 atom stereocenters. The lowest BCUT2D eigenvalue weighted by molar-refractivity contribution is -0.189. The molecule has 0 aliphatic carbocycles. The summed E-state index contributed by atoms with van der Waals surface area (Å²) in [5, 5.41) is 2.80. The predicted octanol–water partition coefficient (Wildman–Crippen LogP) is 4.46. The van der Waals surface area contributed by atoms with E-state index in [0.29, 0.717) is 10.8 Å². The van der Waals surface area contributed by atoms with Crippen molar-refractivity contribution in [3.05, 3.63) is 54.6 Å². The Kier molecular flexibility index (Phi) is 3.05. The molecule has 2 nitrogen and oxygen atoms in total. The van der Waals surface area contributed by atoms with Gasteiger partial charge in [0, 0.05) is 5.39 Å². The number of benzene rings is 3. The van der Waals surface area contributed by atoms with Crippen LogP contribution >= 0.6 is 0 Å². The van der Waals surface area contributed by atoms with Gasteiger partial charge in [-0.3, -0.25) is 0 Å². The fourth-order valence-electron chi connectivity index (χ4n) is 2.26. The second-order valence-corrected chi connectivity index (χ2v) is 4.53. The van der Waals surface area contributed by atoms with Gasteiger partial charge in [-0.05, 0) is 22.2 Å². The Labute approximate surface area is 117 Å². The average Bonchev–Trinajstić information content (AvgIpc) is 2.46. The first kappa shape index (κ1) is 13.4. The highest BCUT2D eigenvalue weighted by molar-refractivity contribution is 6.10. The van der Waals surface area contributed by atoms with Gasteiger partial charge in [-0.25, -0.2) is 4.79 Å². The highest BCUT2D eigenvalue weighted by Crippen LogP contribution is 2.34. The summed E-state index contributed by atoms with van der Waals surface area (Å²) in [6.07, 6.45) is -5.02. The van der Waals surface area contributed by atoms with Gasteiger partial charge in [0.1, 0.15) is 5.75 Å². The summed E-state index contributed by atoms with van der Waals surface area (Å²) >= 11 is 0. The predicted molar refractivity (Wildman–Crippen MR) is 73.1 cm³/mol. The first-order valence-corrected chi connectivity index (χ1v) is 6.16. The summed E-state index contributed by atoms with van der Waals surface area (Å²) in [5.74, 6) is -2.31. The topological polar surface area (TPSA) is 26.3 Å². The Bertz CT molecular complexity index is 838. The molecule has 0 aliphatic rings. The third kappa shape index (κ3) is 2.42. The maximum atomic E-state index is 12.4. The second-order valence-electron chi connectivity index (χ2n) is 4.53. The van der Waals surface area contributed by atoms with E-state index in [2.05, 4.69) is 4.74 Å². The van der Waals surface area contributed by atoms with Crippen molar-refractivity contribution in [3.63, 3.8) is 0 Å². The van der Waals surface area contributed by atoms with E-state index in [0.717, 1.165) is 10.8 Å². The number of hydrogen-bond acceptors (Lipinski definition) is 2. The van der Waals surface area contributed by atoms with E-state index in [4.69, 9.17) is 0 Å². The molecule has 0 aromatic heterocycles. The Morgan fingerprint density at radius 2 is 1.43 bits per heavy atom. The minimum Gasteiger partial charge on any atom is -0.419 e. The van der Waals surface area contributed by atoms with Crippen molar-refractivity contribution in [2.75, 3.05) is 0 Å². The van der Waals surface area contributed by atoms with E-state index < -0.39 is 12.1 Å². The van der Waals surface area contributed by atoms with Gasteiger partial charge in [0.2, 0.25) is 0 Å². The monoisotopic (exact) mass is 290 g/mol. The Hall–Kier alpha value is -2.56. The Morgan fingerprint density at radius 1 is 0.857 bits per heavy atom. The normalized spacial score (nSPS) is 11.8. The molecule has 3 aromatic carbocycles. The first-order chi connectivity index (χ1) is 9.97. The zero-order chi connectivity index (χ0) is 15.0. The number of fused-ring (bicyclic) bond motifs is 3. The van der Waals surface area contributed by atoms with Gasteiger partial charge in [-0.2, -0.15) is 13.2 Å². The van der Waals surface area contributed by atoms with Gasteiger partial charge in [-0.15, -0.1) is 0 Å². The van der Waals surface area contributed by atoms with Crippen LogP contribution in [0.3, 0.4) is 0 Å². The second kappa shape index (κ2) is 4.77. The minimum absolute atomic E-state index is 0.0911. The molecule has 0 heterocycles. The Morgan fingerprint density at radius 3 is 2.10 bits per heavy atom. The number of ether oxygens (including phenoxy) is 1. The molecule has 0 saturated carbocycles. The third-order valence-corrected chi connectivity index (χ3v) is 3.16. The molecule has 0 aliphatic heterocycles. The van der Waals surface area contributed by atoms with E-state index in [-0.39, 0.29) is 5.75 Å². The van der Waals surface area contributed by atoms with Gasteiger partial charge in [0.05, 0.1) is 0 Å². The summed E-state index contributed by atoms with van der Waals surface area (Å²) in [6.45, 7) is 0. The van der Waals surface area contributed by atoms with Crippen LogP contribution in [0.25, 0.3) is 21.5 Å². The molecule has 3 rings (SSSR count). The number of halogens is 3. The summed E-state index contributed by atoms with van der Waals surface area (Å²) in [4.78, 5) is 11.1. The van der Waals surface area contributed by atoms with E-state index in [1.807, 2.05) is 12.1 Å². The first-order valence-electron chi connectivity index (χ1n) is 6.16. The van der Waals surface area contributed by atoms with Crippen LogP contribution in [0.1, 0.15) is 0 Å². The summed E-state index contributed by atoms with van der Waals surface area (Å²) in [6, 6.07) is 15.6. The van der Waals surface area contributed by atoms with Crippen molar-refractivity contribution >= 4 is 27.5 Å². The molecule has 106 valence electrons. The van der Waals surface area contributed by atoms with E-state index in [1.165, 1.54) is 6.07 Å². The molecule has 0 saturated heterocycles. The number of carbonyl (C=O) groups is 1. The van der Waals surface area contributed by atoms with Crippen molar-refractivity contribution in [3.8, 4) is 5.75 Å². The van der Waals surface area contributed by atoms with Crippen LogP contribution in [0.4, 0.5) is 13.2 Å². The quantitative estimate of drug-likeness (QED) is 0.376. The number of rotatable bonds is 1. The largest absolute Gasteiger partial charge is 0.491 e. The molecule has 0 fully saturated rings. The third-order valence-electron chi connectivity index (χ3n) is 3.16. The average molecular weight is 290 g/mol. The number of alkyl halides is 3. The molecular weight excluding hydrogens is 281 g/mol. The van der Waals surface area contributed by atoms with Crippen molar-refractivity contribution in [1.29, 1.82) is 0 Å². The number of esters is 1. The lowest BCUT2D eigenvalue weighted by Crippen LogP contribution is -2.28. The highest BCUT2D eigenvalue weighted by atomic mass is 19.4. The fraction of sp³-hybridized carbons (Fsp3) is 0.0625. The lowest BCUT2D eigenvalue weighted by atomic mass is 10.0. The van der Waals surface area contributed by atoms with Crippen LogP contribution in [0, 0.1) is 0 Å². The van der Waals surface area contributed by atoms with Crippen molar-refractivity contribution in [1.82, 2.24) is 0 Å². The van der Waals surface area contributed by atoms with Gasteiger partial charge >= 0.3 is 12.1 Å². The van der Waals surface area contributed by atoms with E-state index in [9.17, 15) is 18.0 Å². The van der Waals surface area contributed by atoms with Crippen LogP contribution in [-0.4, -0.2) is 12.1 Å². The van der Waals surface area contributed by atoms with Crippen molar-refractivity contribution < 1.29 is 22.7 Å². The maximum absolute atomic E-state index is 12.4. The molecule has 5 heteroatoms. The molecule has 0 unspecified atom stereocenters. The number of hydrogen-bond donors (Lipinski definition) is 0. The summed E-state index contributed by atoms with van der Waals surface area (Å²) in [7, 11) is 0. The van der Waals surface area contributed by atoms with E-state index in [1.54, 1.807) is 36.4 Å². The van der Waals surface area contributed by atoms with Crippen molar-refractivity contribution in [2.24, 2.45) is 0 Å². The van der Waals surface area contributed by atoms with E-state index >= 15 is 0 Å². The summed E-state index contributed by atoms with van der Waals surface area (Å²) < 4.78 is 41.7. The molecule has 0 N–H and O–H groups in total. The van der Waals surface area contributed by atoms with Gasteiger partial charge in [0.15, 0.2) is 0 Å². The zero-order valence-corrected chi connectivity index (χ0v) is 10.6. The molecule has 0 bridgehead atoms. The van der Waals surface area contributed by atoms with Crippen LogP contribution in [0.2, 0.25) is 0 Å². The molecule has 0 radical (unpaired) electrons.